The van der Waals surface area contributed by atoms with Gasteiger partial charge in [-0.3, -0.25) is 9.48 Å². The first-order valence-corrected chi connectivity index (χ1v) is 6.21. The van der Waals surface area contributed by atoms with Gasteiger partial charge < -0.3 is 15.8 Å². The number of hydrogen-bond acceptors (Lipinski definition) is 4. The summed E-state index contributed by atoms with van der Waals surface area (Å²) in [5, 5.41) is 6.77. The number of carbonyl (C=O) groups is 1. The van der Waals surface area contributed by atoms with Crippen molar-refractivity contribution in [2.45, 2.75) is 13.0 Å². The lowest BCUT2D eigenvalue weighted by atomic mass is 10.1. The number of carbonyl (C=O) groups excluding carboxylic acids is 1. The van der Waals surface area contributed by atoms with Crippen LogP contribution in [0.25, 0.3) is 0 Å². The van der Waals surface area contributed by atoms with Crippen LogP contribution >= 0.6 is 0 Å². The van der Waals surface area contributed by atoms with Crippen LogP contribution in [-0.2, 0) is 11.8 Å². The molecule has 1 atom stereocenters. The van der Waals surface area contributed by atoms with E-state index in [4.69, 9.17) is 10.5 Å². The number of rotatable bonds is 4. The SMILES string of the molecule is COc1cc(C)ccc1NC(=O)C(N)c1cnn(C)c1. The Morgan fingerprint density at radius 1 is 1.50 bits per heavy atom. The van der Waals surface area contributed by atoms with Crippen molar-refractivity contribution in [3.63, 3.8) is 0 Å². The Kier molecular flexibility index (Phi) is 4.05. The van der Waals surface area contributed by atoms with Gasteiger partial charge in [-0.2, -0.15) is 5.10 Å². The van der Waals surface area contributed by atoms with Crippen molar-refractivity contribution in [3.05, 3.63) is 41.7 Å². The molecule has 2 rings (SSSR count). The largest absolute Gasteiger partial charge is 0.495 e. The fraction of sp³-hybridized carbons (Fsp3) is 0.286. The Hall–Kier alpha value is -2.34. The molecule has 2 aromatic rings. The van der Waals surface area contributed by atoms with Crippen LogP contribution in [0.5, 0.6) is 5.75 Å². The molecule has 0 fully saturated rings. The minimum atomic E-state index is -0.769. The Bertz CT molecular complexity index is 621. The molecule has 1 heterocycles. The van der Waals surface area contributed by atoms with Gasteiger partial charge >= 0.3 is 0 Å². The molecule has 1 aromatic carbocycles. The van der Waals surface area contributed by atoms with Gasteiger partial charge in [-0.1, -0.05) is 6.07 Å². The Morgan fingerprint density at radius 2 is 2.25 bits per heavy atom. The first-order chi connectivity index (χ1) is 9.51. The molecule has 0 spiro atoms. The maximum absolute atomic E-state index is 12.1. The van der Waals surface area contributed by atoms with Crippen molar-refractivity contribution in [1.82, 2.24) is 9.78 Å². The van der Waals surface area contributed by atoms with Crippen LogP contribution in [0.2, 0.25) is 0 Å². The monoisotopic (exact) mass is 274 g/mol. The van der Waals surface area contributed by atoms with Gasteiger partial charge in [-0.25, -0.2) is 0 Å². The zero-order chi connectivity index (χ0) is 14.7. The van der Waals surface area contributed by atoms with E-state index in [2.05, 4.69) is 10.4 Å². The fourth-order valence-electron chi connectivity index (χ4n) is 1.86. The number of nitrogens with zero attached hydrogens (tertiary/aromatic N) is 2. The van der Waals surface area contributed by atoms with E-state index >= 15 is 0 Å². The summed E-state index contributed by atoms with van der Waals surface area (Å²) in [6.45, 7) is 1.95. The van der Waals surface area contributed by atoms with E-state index in [1.807, 2.05) is 19.1 Å². The van der Waals surface area contributed by atoms with Crippen molar-refractivity contribution < 1.29 is 9.53 Å². The fourth-order valence-corrected chi connectivity index (χ4v) is 1.86. The molecule has 1 amide bonds. The highest BCUT2D eigenvalue weighted by molar-refractivity contribution is 5.96. The summed E-state index contributed by atoms with van der Waals surface area (Å²) in [4.78, 5) is 12.1. The second-order valence-electron chi connectivity index (χ2n) is 4.62. The molecule has 0 saturated carbocycles. The molecule has 106 valence electrons. The summed E-state index contributed by atoms with van der Waals surface area (Å²) in [7, 11) is 3.34. The quantitative estimate of drug-likeness (QED) is 0.882. The molecule has 1 aromatic heterocycles. The first-order valence-electron chi connectivity index (χ1n) is 6.21. The average Bonchev–Trinajstić information content (AvgIpc) is 2.86. The highest BCUT2D eigenvalue weighted by Gasteiger charge is 2.18. The molecular formula is C14H18N4O2. The summed E-state index contributed by atoms with van der Waals surface area (Å²) in [5.41, 5.74) is 8.23. The third kappa shape index (κ3) is 2.97. The Morgan fingerprint density at radius 3 is 2.85 bits per heavy atom. The second-order valence-corrected chi connectivity index (χ2v) is 4.62. The molecule has 0 aliphatic carbocycles. The molecule has 0 saturated heterocycles. The van der Waals surface area contributed by atoms with Crippen molar-refractivity contribution in [2.24, 2.45) is 12.8 Å². The topological polar surface area (TPSA) is 82.2 Å². The Balaban J connectivity index is 2.15. The number of hydrogen-bond donors (Lipinski definition) is 2. The van der Waals surface area contributed by atoms with Gasteiger partial charge in [0.25, 0.3) is 0 Å². The number of ether oxygens (including phenoxy) is 1. The Labute approximate surface area is 117 Å². The van der Waals surface area contributed by atoms with Crippen LogP contribution in [-0.4, -0.2) is 22.8 Å². The minimum absolute atomic E-state index is 0.305. The molecule has 0 bridgehead atoms. The third-order valence-corrected chi connectivity index (χ3v) is 2.98. The molecular weight excluding hydrogens is 256 g/mol. The van der Waals surface area contributed by atoms with E-state index in [1.165, 1.54) is 0 Å². The van der Waals surface area contributed by atoms with Crippen LogP contribution in [0.15, 0.2) is 30.6 Å². The van der Waals surface area contributed by atoms with Crippen molar-refractivity contribution >= 4 is 11.6 Å². The minimum Gasteiger partial charge on any atom is -0.495 e. The van der Waals surface area contributed by atoms with Crippen molar-refractivity contribution in [2.75, 3.05) is 12.4 Å². The van der Waals surface area contributed by atoms with Crippen LogP contribution < -0.4 is 15.8 Å². The smallest absolute Gasteiger partial charge is 0.246 e. The van der Waals surface area contributed by atoms with Gasteiger partial charge in [0.1, 0.15) is 11.8 Å². The van der Waals surface area contributed by atoms with Gasteiger partial charge in [0.15, 0.2) is 0 Å². The molecule has 1 unspecified atom stereocenters. The lowest BCUT2D eigenvalue weighted by molar-refractivity contribution is -0.117. The number of aromatic nitrogens is 2. The zero-order valence-corrected chi connectivity index (χ0v) is 11.8. The number of aryl methyl sites for hydroxylation is 2. The average molecular weight is 274 g/mol. The third-order valence-electron chi connectivity index (χ3n) is 2.98. The molecule has 6 nitrogen and oxygen atoms in total. The van der Waals surface area contributed by atoms with E-state index in [0.717, 1.165) is 5.56 Å². The lowest BCUT2D eigenvalue weighted by Gasteiger charge is -2.13. The number of amides is 1. The molecule has 0 aliphatic heterocycles. The number of methoxy groups -OCH3 is 1. The van der Waals surface area contributed by atoms with E-state index in [9.17, 15) is 4.79 Å². The van der Waals surface area contributed by atoms with E-state index < -0.39 is 6.04 Å². The molecule has 0 radical (unpaired) electrons. The predicted octanol–water partition coefficient (Wildman–Crippen LogP) is 1.38. The second kappa shape index (κ2) is 5.75. The van der Waals surface area contributed by atoms with Crippen molar-refractivity contribution in [1.29, 1.82) is 0 Å². The van der Waals surface area contributed by atoms with Gasteiger partial charge in [-0.15, -0.1) is 0 Å². The van der Waals surface area contributed by atoms with Gasteiger partial charge in [0.05, 0.1) is 19.0 Å². The standard InChI is InChI=1S/C14H18N4O2/c1-9-4-5-11(12(6-9)20-3)17-14(19)13(15)10-7-16-18(2)8-10/h4-8,13H,15H2,1-3H3,(H,17,19). The lowest BCUT2D eigenvalue weighted by Crippen LogP contribution is -2.27. The van der Waals surface area contributed by atoms with Crippen LogP contribution in [0, 0.1) is 6.92 Å². The summed E-state index contributed by atoms with van der Waals surface area (Å²) in [6.07, 6.45) is 3.30. The molecule has 0 aliphatic rings. The highest BCUT2D eigenvalue weighted by atomic mass is 16.5. The van der Waals surface area contributed by atoms with Gasteiger partial charge in [-0.05, 0) is 24.6 Å². The van der Waals surface area contributed by atoms with Gasteiger partial charge in [0, 0.05) is 18.8 Å². The maximum atomic E-state index is 12.1. The number of nitrogens with two attached hydrogens (primary N) is 1. The van der Waals surface area contributed by atoms with E-state index in [0.29, 0.717) is 17.0 Å². The van der Waals surface area contributed by atoms with Crippen LogP contribution in [0.1, 0.15) is 17.2 Å². The molecule has 6 heteroatoms. The molecule has 20 heavy (non-hydrogen) atoms. The maximum Gasteiger partial charge on any atom is 0.246 e. The van der Waals surface area contributed by atoms with Crippen LogP contribution in [0.3, 0.4) is 0 Å². The van der Waals surface area contributed by atoms with E-state index in [-0.39, 0.29) is 5.91 Å². The highest BCUT2D eigenvalue weighted by Crippen LogP contribution is 2.26. The summed E-state index contributed by atoms with van der Waals surface area (Å²) < 4.78 is 6.85. The van der Waals surface area contributed by atoms with Gasteiger partial charge in [0.2, 0.25) is 5.91 Å². The predicted molar refractivity (Wildman–Crippen MR) is 76.5 cm³/mol. The number of anilines is 1. The normalized spacial score (nSPS) is 12.0. The van der Waals surface area contributed by atoms with Crippen LogP contribution in [0.4, 0.5) is 5.69 Å². The summed E-state index contributed by atoms with van der Waals surface area (Å²) >= 11 is 0. The number of nitrogens with one attached hydrogen (secondary N) is 1. The first kappa shape index (κ1) is 14.1. The number of benzene rings is 1. The summed E-state index contributed by atoms with van der Waals surface area (Å²) in [6, 6.07) is 4.77. The van der Waals surface area contributed by atoms with Crippen molar-refractivity contribution in [3.8, 4) is 5.75 Å². The molecule has 3 N–H and O–H groups in total. The summed E-state index contributed by atoms with van der Waals surface area (Å²) in [5.74, 6) is 0.303. The zero-order valence-electron chi connectivity index (χ0n) is 11.8. The van der Waals surface area contributed by atoms with E-state index in [1.54, 1.807) is 37.3 Å².